The van der Waals surface area contributed by atoms with Crippen LogP contribution in [0.1, 0.15) is 22.1 Å². The summed E-state index contributed by atoms with van der Waals surface area (Å²) in [6, 6.07) is 13.9. The molecule has 4 rings (SSSR count). The van der Waals surface area contributed by atoms with Gasteiger partial charge in [-0.05, 0) is 53.3 Å². The summed E-state index contributed by atoms with van der Waals surface area (Å²) in [4.78, 5) is 14.3. The van der Waals surface area contributed by atoms with E-state index < -0.39 is 0 Å². The predicted octanol–water partition coefficient (Wildman–Crippen LogP) is 4.99. The van der Waals surface area contributed by atoms with Crippen molar-refractivity contribution < 1.29 is 14.3 Å². The number of benzene rings is 2. The molecule has 7 heteroatoms. The molecule has 0 spiro atoms. The summed E-state index contributed by atoms with van der Waals surface area (Å²) in [7, 11) is 1.79. The van der Waals surface area contributed by atoms with Gasteiger partial charge in [0, 0.05) is 19.3 Å². The highest BCUT2D eigenvalue weighted by molar-refractivity contribution is 8.16. The number of carbonyl (C=O) groups is 1. The fraction of sp³-hybridized carbons (Fsp3) is 0.381. The van der Waals surface area contributed by atoms with Gasteiger partial charge in [0.1, 0.15) is 13.2 Å². The Bertz CT molecular complexity index is 840. The summed E-state index contributed by atoms with van der Waals surface area (Å²) in [6.07, 6.45) is 1.27. The van der Waals surface area contributed by atoms with Gasteiger partial charge in [-0.15, -0.1) is 23.5 Å². The first-order chi connectivity index (χ1) is 13.7. The van der Waals surface area contributed by atoms with Crippen LogP contribution >= 0.6 is 23.5 Å². The normalized spacial score (nSPS) is 16.5. The third-order valence-corrected chi connectivity index (χ3v) is 7.63. The smallest absolute Gasteiger partial charge is 0.321 e. The van der Waals surface area contributed by atoms with Crippen molar-refractivity contribution in [1.82, 2.24) is 4.90 Å². The highest BCUT2D eigenvalue weighted by Gasteiger charge is 2.18. The van der Waals surface area contributed by atoms with Crippen LogP contribution < -0.4 is 14.8 Å². The molecule has 0 aromatic heterocycles. The molecule has 1 N–H and O–H groups in total. The van der Waals surface area contributed by atoms with Crippen LogP contribution in [0.15, 0.2) is 42.5 Å². The number of urea groups is 1. The van der Waals surface area contributed by atoms with Crippen molar-refractivity contribution in [2.24, 2.45) is 0 Å². The predicted molar refractivity (Wildman–Crippen MR) is 117 cm³/mol. The number of nitrogens with zero attached hydrogens (tertiary/aromatic N) is 1. The summed E-state index contributed by atoms with van der Waals surface area (Å²) in [5.41, 5.74) is 3.11. The molecule has 1 fully saturated rings. The molecule has 2 amide bonds. The molecule has 2 aromatic rings. The number of hydrogen-bond donors (Lipinski definition) is 1. The number of nitrogens with one attached hydrogen (secondary N) is 1. The van der Waals surface area contributed by atoms with Gasteiger partial charge in [0.25, 0.3) is 0 Å². The van der Waals surface area contributed by atoms with Crippen molar-refractivity contribution in [2.75, 3.05) is 37.1 Å². The van der Waals surface area contributed by atoms with Gasteiger partial charge >= 0.3 is 6.03 Å². The molecule has 1 saturated heterocycles. The quantitative estimate of drug-likeness (QED) is 0.761. The van der Waals surface area contributed by atoms with Crippen LogP contribution in [0.2, 0.25) is 0 Å². The van der Waals surface area contributed by atoms with E-state index in [0.717, 1.165) is 22.7 Å². The van der Waals surface area contributed by atoms with Crippen LogP contribution in [0.4, 0.5) is 10.5 Å². The Morgan fingerprint density at radius 1 is 1.11 bits per heavy atom. The van der Waals surface area contributed by atoms with Crippen molar-refractivity contribution in [3.05, 3.63) is 53.6 Å². The van der Waals surface area contributed by atoms with E-state index in [4.69, 9.17) is 9.47 Å². The van der Waals surface area contributed by atoms with Gasteiger partial charge in [-0.3, -0.25) is 0 Å². The van der Waals surface area contributed by atoms with Gasteiger partial charge in [-0.2, -0.15) is 0 Å². The van der Waals surface area contributed by atoms with E-state index in [2.05, 4.69) is 17.4 Å². The van der Waals surface area contributed by atoms with E-state index in [1.165, 1.54) is 23.5 Å². The zero-order valence-electron chi connectivity index (χ0n) is 15.8. The van der Waals surface area contributed by atoms with Crippen LogP contribution in [-0.2, 0) is 6.54 Å². The number of amides is 2. The molecule has 0 aliphatic carbocycles. The Labute approximate surface area is 174 Å². The highest BCUT2D eigenvalue weighted by atomic mass is 32.2. The lowest BCUT2D eigenvalue weighted by atomic mass is 10.2. The second-order valence-corrected chi connectivity index (χ2v) is 9.54. The Balaban J connectivity index is 1.38. The number of fused-ring (bicyclic) bond motifs is 1. The van der Waals surface area contributed by atoms with Crippen LogP contribution in [0.3, 0.4) is 0 Å². The molecule has 148 valence electrons. The van der Waals surface area contributed by atoms with Crippen molar-refractivity contribution in [3.8, 4) is 11.5 Å². The summed E-state index contributed by atoms with van der Waals surface area (Å²) in [5.74, 6) is 3.91. The Hall–Kier alpha value is -1.99. The van der Waals surface area contributed by atoms with Gasteiger partial charge in [-0.1, -0.05) is 18.2 Å². The second-order valence-electron chi connectivity index (χ2n) is 6.82. The maximum atomic E-state index is 12.6. The van der Waals surface area contributed by atoms with Crippen LogP contribution in [-0.4, -0.2) is 42.7 Å². The first kappa shape index (κ1) is 19.3. The minimum absolute atomic E-state index is 0.129. The fourth-order valence-electron chi connectivity index (χ4n) is 3.19. The van der Waals surface area contributed by atoms with E-state index in [1.54, 1.807) is 11.9 Å². The number of carbonyl (C=O) groups excluding carboxylic acids is 1. The summed E-state index contributed by atoms with van der Waals surface area (Å²) in [6.45, 7) is 1.63. The highest BCUT2D eigenvalue weighted by Crippen LogP contribution is 2.44. The average molecular weight is 417 g/mol. The van der Waals surface area contributed by atoms with E-state index in [0.29, 0.717) is 24.3 Å². The van der Waals surface area contributed by atoms with Gasteiger partial charge in [0.05, 0.1) is 4.58 Å². The number of ether oxygens (including phenoxy) is 2. The van der Waals surface area contributed by atoms with Gasteiger partial charge in [0.2, 0.25) is 0 Å². The molecule has 2 heterocycles. The lowest BCUT2D eigenvalue weighted by Crippen LogP contribution is -2.31. The first-order valence-corrected chi connectivity index (χ1v) is 11.5. The Morgan fingerprint density at radius 2 is 1.89 bits per heavy atom. The minimum atomic E-state index is -0.129. The lowest BCUT2D eigenvalue weighted by molar-refractivity contribution is 0.171. The average Bonchev–Trinajstić information content (AvgIpc) is 2.74. The van der Waals surface area contributed by atoms with Gasteiger partial charge in [-0.25, -0.2) is 4.79 Å². The summed E-state index contributed by atoms with van der Waals surface area (Å²) < 4.78 is 11.6. The van der Waals surface area contributed by atoms with Gasteiger partial charge in [0.15, 0.2) is 11.5 Å². The zero-order chi connectivity index (χ0) is 19.3. The largest absolute Gasteiger partial charge is 0.486 e. The molecule has 0 unspecified atom stereocenters. The third-order valence-electron chi connectivity index (χ3n) is 4.61. The summed E-state index contributed by atoms with van der Waals surface area (Å²) >= 11 is 3.96. The topological polar surface area (TPSA) is 50.8 Å². The molecule has 0 atom stereocenters. The van der Waals surface area contributed by atoms with E-state index >= 15 is 0 Å². The molecule has 0 radical (unpaired) electrons. The Kier molecular flexibility index (Phi) is 6.22. The third kappa shape index (κ3) is 4.70. The van der Waals surface area contributed by atoms with Gasteiger partial charge < -0.3 is 19.7 Å². The van der Waals surface area contributed by atoms with Crippen molar-refractivity contribution in [3.63, 3.8) is 0 Å². The van der Waals surface area contributed by atoms with E-state index in [-0.39, 0.29) is 6.03 Å². The molecular weight excluding hydrogens is 392 g/mol. The SMILES string of the molecule is CN(Cc1ccc2c(c1)OCCO2)C(=O)Nc1cccc(C2SCCCS2)c1. The summed E-state index contributed by atoms with van der Waals surface area (Å²) in [5, 5.41) is 3.02. The number of hydrogen-bond acceptors (Lipinski definition) is 5. The maximum Gasteiger partial charge on any atom is 0.321 e. The molecule has 2 aliphatic rings. The lowest BCUT2D eigenvalue weighted by Gasteiger charge is -2.23. The minimum Gasteiger partial charge on any atom is -0.486 e. The van der Waals surface area contributed by atoms with Crippen molar-refractivity contribution in [2.45, 2.75) is 17.5 Å². The molecule has 0 bridgehead atoms. The number of rotatable bonds is 4. The number of thioether (sulfide) groups is 2. The molecular formula is C21H24N2O3S2. The van der Waals surface area contributed by atoms with Crippen LogP contribution in [0.5, 0.6) is 11.5 Å². The van der Waals surface area contributed by atoms with Crippen molar-refractivity contribution >= 4 is 35.2 Å². The first-order valence-electron chi connectivity index (χ1n) is 9.43. The van der Waals surface area contributed by atoms with Crippen LogP contribution in [0, 0.1) is 0 Å². The standard InChI is InChI=1S/C21H24N2O3S2/c1-23(14-15-6-7-18-19(12-15)26-9-8-25-18)21(24)22-17-5-2-4-16(13-17)20-27-10-3-11-28-20/h2,4-7,12-13,20H,3,8-11,14H2,1H3,(H,22,24). The molecule has 0 saturated carbocycles. The molecule has 28 heavy (non-hydrogen) atoms. The molecule has 2 aliphatic heterocycles. The second kappa shape index (κ2) is 9.01. The van der Waals surface area contributed by atoms with Crippen molar-refractivity contribution in [1.29, 1.82) is 0 Å². The van der Waals surface area contributed by atoms with Crippen LogP contribution in [0.25, 0.3) is 0 Å². The monoisotopic (exact) mass is 416 g/mol. The Morgan fingerprint density at radius 3 is 2.71 bits per heavy atom. The zero-order valence-corrected chi connectivity index (χ0v) is 17.5. The van der Waals surface area contributed by atoms with E-state index in [9.17, 15) is 4.79 Å². The molecule has 2 aromatic carbocycles. The van der Waals surface area contributed by atoms with E-state index in [1.807, 2.05) is 53.9 Å². The molecule has 5 nitrogen and oxygen atoms in total. The maximum absolute atomic E-state index is 12.6. The fourth-order valence-corrected chi connectivity index (χ4v) is 6.07. The number of anilines is 1.